The third-order valence-corrected chi connectivity index (χ3v) is 6.44. The molecular formula is C20H20ClFN4O2S. The standard InChI is InChI=1S/C20H20ClFN4O2S/c21-16-5-9-18(10-6-16)29(27,28)24-20(25-12-1-2-13-25)26-14-11-19(23-26)15-3-7-17(22)8-4-15/h3-10H,1-2,11-14H2/b24-20-. The number of guanidine groups is 1. The molecule has 2 aliphatic heterocycles. The summed E-state index contributed by atoms with van der Waals surface area (Å²) in [6.07, 6.45) is 2.57. The quantitative estimate of drug-likeness (QED) is 0.545. The number of nitrogens with zero attached hydrogens (tertiary/aromatic N) is 4. The first kappa shape index (κ1) is 19.8. The molecule has 2 aromatic rings. The normalized spacial score (nSPS) is 17.7. The van der Waals surface area contributed by atoms with Crippen LogP contribution in [0.3, 0.4) is 0 Å². The lowest BCUT2D eigenvalue weighted by molar-refractivity contribution is 0.382. The zero-order chi connectivity index (χ0) is 20.4. The summed E-state index contributed by atoms with van der Waals surface area (Å²) in [5.41, 5.74) is 1.59. The van der Waals surface area contributed by atoms with Gasteiger partial charge in [-0.1, -0.05) is 23.7 Å². The van der Waals surface area contributed by atoms with Gasteiger partial charge in [-0.05, 0) is 54.8 Å². The fourth-order valence-corrected chi connectivity index (χ4v) is 4.53. The fraction of sp³-hybridized carbons (Fsp3) is 0.300. The van der Waals surface area contributed by atoms with Crippen molar-refractivity contribution in [3.05, 3.63) is 64.9 Å². The van der Waals surface area contributed by atoms with Gasteiger partial charge in [-0.15, -0.1) is 4.40 Å². The molecule has 2 heterocycles. The number of halogens is 2. The molecule has 9 heteroatoms. The number of sulfonamides is 1. The molecule has 6 nitrogen and oxygen atoms in total. The van der Waals surface area contributed by atoms with Gasteiger partial charge in [0.2, 0.25) is 5.96 Å². The third kappa shape index (κ3) is 4.43. The Morgan fingerprint density at radius 2 is 1.66 bits per heavy atom. The second-order valence-electron chi connectivity index (χ2n) is 6.94. The van der Waals surface area contributed by atoms with Crippen LogP contribution in [0.25, 0.3) is 0 Å². The van der Waals surface area contributed by atoms with Crippen molar-refractivity contribution < 1.29 is 12.8 Å². The van der Waals surface area contributed by atoms with Crippen LogP contribution < -0.4 is 0 Å². The number of hydrogen-bond acceptors (Lipinski definition) is 3. The van der Waals surface area contributed by atoms with Crippen molar-refractivity contribution in [3.63, 3.8) is 0 Å². The van der Waals surface area contributed by atoms with Crippen LogP contribution in [-0.2, 0) is 10.0 Å². The van der Waals surface area contributed by atoms with E-state index in [1.54, 1.807) is 17.1 Å². The van der Waals surface area contributed by atoms with Gasteiger partial charge in [-0.25, -0.2) is 9.40 Å². The van der Waals surface area contributed by atoms with Crippen molar-refractivity contribution in [3.8, 4) is 0 Å². The first-order valence-electron chi connectivity index (χ1n) is 9.39. The Bertz CT molecular complexity index is 1050. The molecule has 0 atom stereocenters. The van der Waals surface area contributed by atoms with Crippen molar-refractivity contribution in [1.82, 2.24) is 9.91 Å². The summed E-state index contributed by atoms with van der Waals surface area (Å²) in [4.78, 5) is 2.03. The second kappa shape index (κ2) is 8.12. The molecular weight excluding hydrogens is 415 g/mol. The average molecular weight is 435 g/mol. The van der Waals surface area contributed by atoms with Crippen molar-refractivity contribution in [2.75, 3.05) is 19.6 Å². The van der Waals surface area contributed by atoms with Crippen LogP contribution in [0.4, 0.5) is 4.39 Å². The van der Waals surface area contributed by atoms with Gasteiger partial charge in [0.15, 0.2) is 0 Å². The summed E-state index contributed by atoms with van der Waals surface area (Å²) in [7, 11) is -3.91. The Hall–Kier alpha value is -2.45. The van der Waals surface area contributed by atoms with E-state index < -0.39 is 10.0 Å². The van der Waals surface area contributed by atoms with Gasteiger partial charge in [0.05, 0.1) is 17.2 Å². The molecule has 0 radical (unpaired) electrons. The second-order valence-corrected chi connectivity index (χ2v) is 8.98. The Morgan fingerprint density at radius 1 is 1.00 bits per heavy atom. The van der Waals surface area contributed by atoms with Gasteiger partial charge in [-0.2, -0.15) is 13.5 Å². The van der Waals surface area contributed by atoms with Gasteiger partial charge in [0.25, 0.3) is 10.0 Å². The number of likely N-dealkylation sites (tertiary alicyclic amines) is 1. The van der Waals surface area contributed by atoms with Crippen molar-refractivity contribution in [2.24, 2.45) is 9.50 Å². The Morgan fingerprint density at radius 3 is 2.31 bits per heavy atom. The van der Waals surface area contributed by atoms with Crippen LogP contribution in [0.5, 0.6) is 0 Å². The highest BCUT2D eigenvalue weighted by Crippen LogP contribution is 2.22. The Labute approximate surface area is 174 Å². The average Bonchev–Trinajstić information content (AvgIpc) is 3.40. The molecule has 4 rings (SSSR count). The minimum Gasteiger partial charge on any atom is -0.340 e. The van der Waals surface area contributed by atoms with Gasteiger partial charge in [0.1, 0.15) is 5.82 Å². The molecule has 0 spiro atoms. The number of hydrogen-bond donors (Lipinski definition) is 0. The zero-order valence-electron chi connectivity index (χ0n) is 15.6. The molecule has 2 aliphatic rings. The van der Waals surface area contributed by atoms with E-state index in [0.29, 0.717) is 23.9 Å². The van der Waals surface area contributed by atoms with Crippen LogP contribution >= 0.6 is 11.6 Å². The van der Waals surface area contributed by atoms with Gasteiger partial charge < -0.3 is 4.90 Å². The van der Waals surface area contributed by atoms with Crippen LogP contribution in [-0.4, -0.2) is 49.6 Å². The molecule has 1 fully saturated rings. The third-order valence-electron chi connectivity index (χ3n) is 4.91. The monoisotopic (exact) mass is 434 g/mol. The molecule has 0 saturated carbocycles. The highest BCUT2D eigenvalue weighted by atomic mass is 35.5. The summed E-state index contributed by atoms with van der Waals surface area (Å²) < 4.78 is 43.1. The molecule has 0 N–H and O–H groups in total. The molecule has 2 aromatic carbocycles. The lowest BCUT2D eigenvalue weighted by atomic mass is 10.1. The zero-order valence-corrected chi connectivity index (χ0v) is 17.2. The molecule has 0 unspecified atom stereocenters. The number of benzene rings is 2. The Kier molecular flexibility index (Phi) is 5.56. The first-order chi connectivity index (χ1) is 13.9. The molecule has 29 heavy (non-hydrogen) atoms. The van der Waals surface area contributed by atoms with Gasteiger partial charge in [-0.3, -0.25) is 0 Å². The van der Waals surface area contributed by atoms with Crippen molar-refractivity contribution in [2.45, 2.75) is 24.2 Å². The SMILES string of the molecule is O=S(=O)(/N=C(/N1CCCC1)N1CCC(c2ccc(F)cc2)=N1)c1ccc(Cl)cc1. The van der Waals surface area contributed by atoms with E-state index in [1.807, 2.05) is 4.90 Å². The summed E-state index contributed by atoms with van der Waals surface area (Å²) >= 11 is 5.87. The summed E-state index contributed by atoms with van der Waals surface area (Å²) in [6, 6.07) is 12.1. The minimum absolute atomic E-state index is 0.0838. The van der Waals surface area contributed by atoms with Crippen LogP contribution in [0, 0.1) is 5.82 Å². The molecule has 0 aromatic heterocycles. The van der Waals surface area contributed by atoms with Gasteiger partial charge >= 0.3 is 0 Å². The molecule has 152 valence electrons. The van der Waals surface area contributed by atoms with Gasteiger partial charge in [0, 0.05) is 24.5 Å². The lowest BCUT2D eigenvalue weighted by Crippen LogP contribution is -2.40. The molecule has 1 saturated heterocycles. The smallest absolute Gasteiger partial charge is 0.285 e. The summed E-state index contributed by atoms with van der Waals surface area (Å²) in [5.74, 6) is 0.0205. The number of rotatable bonds is 3. The van der Waals surface area contributed by atoms with Crippen molar-refractivity contribution in [1.29, 1.82) is 0 Å². The van der Waals surface area contributed by atoms with Crippen molar-refractivity contribution >= 4 is 33.3 Å². The lowest BCUT2D eigenvalue weighted by Gasteiger charge is -2.25. The fourth-order valence-electron chi connectivity index (χ4n) is 3.40. The number of hydrazone groups is 1. The summed E-state index contributed by atoms with van der Waals surface area (Å²) in [6.45, 7) is 1.97. The minimum atomic E-state index is -3.91. The maximum absolute atomic E-state index is 13.2. The predicted octanol–water partition coefficient (Wildman–Crippen LogP) is 3.73. The van der Waals surface area contributed by atoms with Crippen LogP contribution in [0.2, 0.25) is 5.02 Å². The predicted molar refractivity (Wildman–Crippen MR) is 111 cm³/mol. The van der Waals surface area contributed by atoms with Crippen LogP contribution in [0.1, 0.15) is 24.8 Å². The highest BCUT2D eigenvalue weighted by molar-refractivity contribution is 7.90. The van der Waals surface area contributed by atoms with E-state index >= 15 is 0 Å². The highest BCUT2D eigenvalue weighted by Gasteiger charge is 2.29. The molecule has 0 aliphatic carbocycles. The van der Waals surface area contributed by atoms with E-state index in [-0.39, 0.29) is 10.7 Å². The van der Waals surface area contributed by atoms with E-state index in [0.717, 1.165) is 37.2 Å². The van der Waals surface area contributed by atoms with E-state index in [9.17, 15) is 12.8 Å². The summed E-state index contributed by atoms with van der Waals surface area (Å²) in [5, 5.41) is 6.69. The van der Waals surface area contributed by atoms with E-state index in [4.69, 9.17) is 11.6 Å². The van der Waals surface area contributed by atoms with E-state index in [1.165, 1.54) is 36.4 Å². The van der Waals surface area contributed by atoms with Crippen LogP contribution in [0.15, 0.2) is 62.9 Å². The maximum atomic E-state index is 13.2. The Balaban J connectivity index is 1.68. The van der Waals surface area contributed by atoms with E-state index in [2.05, 4.69) is 9.50 Å². The molecule has 0 amide bonds. The largest absolute Gasteiger partial charge is 0.340 e. The topological polar surface area (TPSA) is 65.3 Å². The first-order valence-corrected chi connectivity index (χ1v) is 11.2. The molecule has 0 bridgehead atoms. The maximum Gasteiger partial charge on any atom is 0.285 e.